The number of amides is 1. The Hall–Kier alpha value is -1.55. The topological polar surface area (TPSA) is 41.6 Å². The lowest BCUT2D eigenvalue weighted by atomic mass is 9.98. The highest BCUT2D eigenvalue weighted by Gasteiger charge is 2.21. The van der Waals surface area contributed by atoms with Crippen molar-refractivity contribution in [3.8, 4) is 5.75 Å². The van der Waals surface area contributed by atoms with Gasteiger partial charge in [-0.2, -0.15) is 0 Å². The highest BCUT2D eigenvalue weighted by Crippen LogP contribution is 2.28. The third-order valence-electron chi connectivity index (χ3n) is 3.77. The van der Waals surface area contributed by atoms with Gasteiger partial charge in [0, 0.05) is 37.7 Å². The number of ether oxygens (including phenoxy) is 1. The number of nitrogens with zero attached hydrogens (tertiary/aromatic N) is 1. The van der Waals surface area contributed by atoms with Gasteiger partial charge in [0.2, 0.25) is 5.91 Å². The van der Waals surface area contributed by atoms with E-state index >= 15 is 0 Å². The van der Waals surface area contributed by atoms with Crippen molar-refractivity contribution in [2.75, 3.05) is 13.2 Å². The van der Waals surface area contributed by atoms with E-state index in [9.17, 15) is 4.79 Å². The second-order valence-electron chi connectivity index (χ2n) is 6.12. The molecule has 21 heavy (non-hydrogen) atoms. The van der Waals surface area contributed by atoms with Crippen LogP contribution in [0.25, 0.3) is 0 Å². The molecular formula is C17H26N2O2. The van der Waals surface area contributed by atoms with E-state index in [2.05, 4.69) is 32.2 Å². The molecule has 1 aromatic rings. The normalized spacial score (nSPS) is 15.8. The zero-order valence-electron chi connectivity index (χ0n) is 13.5. The van der Waals surface area contributed by atoms with Crippen LogP contribution in [0.2, 0.25) is 0 Å². The van der Waals surface area contributed by atoms with Crippen molar-refractivity contribution in [1.29, 1.82) is 0 Å². The van der Waals surface area contributed by atoms with Gasteiger partial charge in [-0.1, -0.05) is 26.0 Å². The monoisotopic (exact) mass is 290 g/mol. The average molecular weight is 290 g/mol. The molecule has 0 aromatic heterocycles. The first kappa shape index (κ1) is 15.8. The largest absolute Gasteiger partial charge is 0.492 e. The average Bonchev–Trinajstić information content (AvgIpc) is 2.43. The maximum atomic E-state index is 11.5. The summed E-state index contributed by atoms with van der Waals surface area (Å²) in [6, 6.07) is 6.91. The summed E-state index contributed by atoms with van der Waals surface area (Å²) in [5, 5.41) is 3.44. The van der Waals surface area contributed by atoms with E-state index in [4.69, 9.17) is 4.74 Å². The van der Waals surface area contributed by atoms with Crippen molar-refractivity contribution in [3.63, 3.8) is 0 Å². The minimum Gasteiger partial charge on any atom is -0.492 e. The molecule has 1 N–H and O–H groups in total. The molecule has 116 valence electrons. The molecular weight excluding hydrogens is 264 g/mol. The fourth-order valence-electron chi connectivity index (χ4n) is 2.81. The van der Waals surface area contributed by atoms with Crippen LogP contribution in [0.3, 0.4) is 0 Å². The summed E-state index contributed by atoms with van der Waals surface area (Å²) in [6.45, 7) is 10.2. The number of carbonyl (C=O) groups is 1. The predicted molar refractivity (Wildman–Crippen MR) is 84.5 cm³/mol. The van der Waals surface area contributed by atoms with Gasteiger partial charge in [-0.15, -0.1) is 0 Å². The summed E-state index contributed by atoms with van der Waals surface area (Å²) >= 11 is 0. The minimum atomic E-state index is 0.140. The van der Waals surface area contributed by atoms with Gasteiger partial charge in [0.15, 0.2) is 0 Å². The fourth-order valence-corrected chi connectivity index (χ4v) is 2.81. The molecule has 1 amide bonds. The van der Waals surface area contributed by atoms with Crippen LogP contribution in [0.4, 0.5) is 0 Å². The number of hydrogen-bond acceptors (Lipinski definition) is 3. The van der Waals surface area contributed by atoms with E-state index in [0.29, 0.717) is 25.2 Å². The van der Waals surface area contributed by atoms with Gasteiger partial charge in [0.1, 0.15) is 12.4 Å². The van der Waals surface area contributed by atoms with Gasteiger partial charge >= 0.3 is 0 Å². The number of fused-ring (bicyclic) bond motifs is 1. The Morgan fingerprint density at radius 3 is 2.81 bits per heavy atom. The number of nitrogens with one attached hydrogen (secondary N) is 1. The summed E-state index contributed by atoms with van der Waals surface area (Å²) < 4.78 is 6.00. The molecule has 0 saturated carbocycles. The van der Waals surface area contributed by atoms with Gasteiger partial charge < -0.3 is 15.0 Å². The molecule has 0 bridgehead atoms. The minimum absolute atomic E-state index is 0.140. The number of rotatable bonds is 5. The zero-order valence-corrected chi connectivity index (χ0v) is 13.5. The summed E-state index contributed by atoms with van der Waals surface area (Å²) in [4.78, 5) is 13.4. The summed E-state index contributed by atoms with van der Waals surface area (Å²) in [7, 11) is 0. The maximum absolute atomic E-state index is 11.5. The second kappa shape index (κ2) is 6.94. The van der Waals surface area contributed by atoms with E-state index in [-0.39, 0.29) is 5.91 Å². The fraction of sp³-hybridized carbons (Fsp3) is 0.588. The predicted octanol–water partition coefficient (Wildman–Crippen LogP) is 2.36. The maximum Gasteiger partial charge on any atom is 0.219 e. The van der Waals surface area contributed by atoms with Crippen molar-refractivity contribution in [3.05, 3.63) is 29.3 Å². The smallest absolute Gasteiger partial charge is 0.219 e. The molecule has 1 heterocycles. The van der Waals surface area contributed by atoms with Crippen LogP contribution in [0.15, 0.2) is 18.2 Å². The molecule has 1 aliphatic heterocycles. The van der Waals surface area contributed by atoms with Crippen molar-refractivity contribution >= 4 is 5.91 Å². The summed E-state index contributed by atoms with van der Waals surface area (Å²) in [5.74, 6) is 1.11. The standard InChI is InChI=1S/C17H26N2O2/c1-12(2)18-13(3)11-21-17-7-5-6-15-10-19(14(4)20)9-8-16(15)17/h5-7,12-13,18H,8-11H2,1-4H3. The van der Waals surface area contributed by atoms with Crippen LogP contribution in [0.5, 0.6) is 5.75 Å². The molecule has 0 fully saturated rings. The molecule has 4 heteroatoms. The third kappa shape index (κ3) is 4.21. The summed E-state index contributed by atoms with van der Waals surface area (Å²) in [6.07, 6.45) is 0.872. The van der Waals surface area contributed by atoms with Crippen LogP contribution in [-0.4, -0.2) is 36.0 Å². The Labute approximate surface area is 127 Å². The molecule has 4 nitrogen and oxygen atoms in total. The third-order valence-corrected chi connectivity index (χ3v) is 3.77. The lowest BCUT2D eigenvalue weighted by Gasteiger charge is -2.29. The lowest BCUT2D eigenvalue weighted by molar-refractivity contribution is -0.129. The van der Waals surface area contributed by atoms with Crippen molar-refractivity contribution in [1.82, 2.24) is 10.2 Å². The summed E-state index contributed by atoms with van der Waals surface area (Å²) in [5.41, 5.74) is 2.46. The first-order chi connectivity index (χ1) is 9.97. The molecule has 1 aliphatic rings. The van der Waals surface area contributed by atoms with Gasteiger partial charge in [0.25, 0.3) is 0 Å². The van der Waals surface area contributed by atoms with Crippen molar-refractivity contribution < 1.29 is 9.53 Å². The van der Waals surface area contributed by atoms with Gasteiger partial charge in [0.05, 0.1) is 0 Å². The van der Waals surface area contributed by atoms with Crippen LogP contribution in [-0.2, 0) is 17.8 Å². The molecule has 1 atom stereocenters. The van der Waals surface area contributed by atoms with E-state index < -0.39 is 0 Å². The molecule has 1 unspecified atom stereocenters. The Bertz CT molecular complexity index is 500. The SMILES string of the molecule is CC(=O)N1CCc2c(cccc2OCC(C)NC(C)C)C1. The first-order valence-electron chi connectivity index (χ1n) is 7.72. The van der Waals surface area contributed by atoms with Gasteiger partial charge in [-0.25, -0.2) is 0 Å². The molecule has 0 radical (unpaired) electrons. The molecule has 0 saturated heterocycles. The van der Waals surface area contributed by atoms with Crippen LogP contribution in [0, 0.1) is 0 Å². The Kier molecular flexibility index (Phi) is 5.23. The van der Waals surface area contributed by atoms with Crippen LogP contribution >= 0.6 is 0 Å². The van der Waals surface area contributed by atoms with Crippen LogP contribution < -0.4 is 10.1 Å². The quantitative estimate of drug-likeness (QED) is 0.905. The molecule has 0 spiro atoms. The highest BCUT2D eigenvalue weighted by molar-refractivity contribution is 5.73. The Balaban J connectivity index is 2.03. The second-order valence-corrected chi connectivity index (χ2v) is 6.12. The number of hydrogen-bond donors (Lipinski definition) is 1. The Morgan fingerprint density at radius 1 is 1.38 bits per heavy atom. The number of carbonyl (C=O) groups excluding carboxylic acids is 1. The highest BCUT2D eigenvalue weighted by atomic mass is 16.5. The molecule has 0 aliphatic carbocycles. The van der Waals surface area contributed by atoms with Gasteiger partial charge in [-0.3, -0.25) is 4.79 Å². The van der Waals surface area contributed by atoms with Gasteiger partial charge in [-0.05, 0) is 25.0 Å². The number of benzene rings is 1. The van der Waals surface area contributed by atoms with E-state index in [0.717, 1.165) is 18.7 Å². The first-order valence-corrected chi connectivity index (χ1v) is 7.72. The van der Waals surface area contributed by atoms with E-state index in [1.165, 1.54) is 11.1 Å². The Morgan fingerprint density at radius 2 is 2.14 bits per heavy atom. The van der Waals surface area contributed by atoms with Crippen molar-refractivity contribution in [2.24, 2.45) is 0 Å². The zero-order chi connectivity index (χ0) is 15.4. The lowest BCUT2D eigenvalue weighted by Crippen LogP contribution is -2.37. The van der Waals surface area contributed by atoms with Crippen molar-refractivity contribution in [2.45, 2.75) is 52.7 Å². The van der Waals surface area contributed by atoms with Crippen LogP contribution in [0.1, 0.15) is 38.8 Å². The molecule has 2 rings (SSSR count). The molecule has 1 aromatic carbocycles. The van der Waals surface area contributed by atoms with E-state index in [1.54, 1.807) is 6.92 Å². The van der Waals surface area contributed by atoms with E-state index in [1.807, 2.05) is 17.0 Å².